The zero-order valence-corrected chi connectivity index (χ0v) is 12.6. The molecule has 0 spiro atoms. The highest BCUT2D eigenvalue weighted by Crippen LogP contribution is 2.15. The third-order valence-electron chi connectivity index (χ3n) is 3.14. The zero-order chi connectivity index (χ0) is 16.2. The Morgan fingerprint density at radius 1 is 1.05 bits per heavy atom. The summed E-state index contributed by atoms with van der Waals surface area (Å²) in [7, 11) is -3.73. The first kappa shape index (κ1) is 16.0. The lowest BCUT2D eigenvalue weighted by molar-refractivity contribution is -0.116. The van der Waals surface area contributed by atoms with E-state index < -0.39 is 10.0 Å². The van der Waals surface area contributed by atoms with Crippen LogP contribution in [0.5, 0.6) is 0 Å². The van der Waals surface area contributed by atoms with E-state index >= 15 is 0 Å². The van der Waals surface area contributed by atoms with Crippen LogP contribution in [0.3, 0.4) is 0 Å². The Kier molecular flexibility index (Phi) is 4.79. The van der Waals surface area contributed by atoms with Crippen molar-refractivity contribution in [2.45, 2.75) is 17.7 Å². The molecule has 0 heterocycles. The molecule has 5 N–H and O–H groups in total. The minimum atomic E-state index is -3.73. The van der Waals surface area contributed by atoms with Gasteiger partial charge in [0.05, 0.1) is 4.90 Å². The number of rotatable bonds is 5. The van der Waals surface area contributed by atoms with Crippen LogP contribution in [0.4, 0.5) is 11.4 Å². The van der Waals surface area contributed by atoms with E-state index in [1.807, 2.05) is 18.2 Å². The number of para-hydroxylation sites is 1. The number of nitrogens with two attached hydrogens (primary N) is 2. The molecule has 0 unspecified atom stereocenters. The lowest BCUT2D eigenvalue weighted by Crippen LogP contribution is -2.14. The second kappa shape index (κ2) is 6.59. The number of aryl methyl sites for hydroxylation is 1. The predicted octanol–water partition coefficient (Wildman–Crippen LogP) is 1.49. The number of primary sulfonamides is 1. The largest absolute Gasteiger partial charge is 0.399 e. The van der Waals surface area contributed by atoms with Crippen LogP contribution in [0.15, 0.2) is 53.4 Å². The molecule has 0 aliphatic rings. The van der Waals surface area contributed by atoms with Gasteiger partial charge in [-0.15, -0.1) is 0 Å². The average Bonchev–Trinajstić information content (AvgIpc) is 2.46. The summed E-state index contributed by atoms with van der Waals surface area (Å²) in [5.41, 5.74) is 7.91. The predicted molar refractivity (Wildman–Crippen MR) is 85.6 cm³/mol. The zero-order valence-electron chi connectivity index (χ0n) is 11.8. The number of nitrogen functional groups attached to an aromatic ring is 1. The molecule has 0 saturated heterocycles. The topological polar surface area (TPSA) is 115 Å². The minimum absolute atomic E-state index is 0.00237. The van der Waals surface area contributed by atoms with Crippen molar-refractivity contribution in [2.24, 2.45) is 5.14 Å². The van der Waals surface area contributed by atoms with Crippen molar-refractivity contribution in [3.63, 3.8) is 0 Å². The molecule has 116 valence electrons. The Balaban J connectivity index is 1.94. The number of amides is 1. The fourth-order valence-corrected chi connectivity index (χ4v) is 2.48. The van der Waals surface area contributed by atoms with Gasteiger partial charge < -0.3 is 11.1 Å². The molecule has 0 aliphatic heterocycles. The summed E-state index contributed by atoms with van der Waals surface area (Å²) < 4.78 is 22.3. The monoisotopic (exact) mass is 319 g/mol. The summed E-state index contributed by atoms with van der Waals surface area (Å²) in [6.45, 7) is 0. The normalized spacial score (nSPS) is 11.1. The van der Waals surface area contributed by atoms with Gasteiger partial charge in [0.2, 0.25) is 15.9 Å². The van der Waals surface area contributed by atoms with Gasteiger partial charge in [-0.3, -0.25) is 4.79 Å². The molecule has 2 rings (SSSR count). The van der Waals surface area contributed by atoms with Crippen molar-refractivity contribution in [1.82, 2.24) is 0 Å². The van der Waals surface area contributed by atoms with E-state index in [2.05, 4.69) is 5.32 Å². The van der Waals surface area contributed by atoms with Crippen LogP contribution in [0.25, 0.3) is 0 Å². The third kappa shape index (κ3) is 4.31. The Bertz CT molecular complexity index is 771. The summed E-state index contributed by atoms with van der Waals surface area (Å²) in [4.78, 5) is 11.9. The standard InChI is InChI=1S/C15H17N3O3S/c16-14-4-2-1-3-11(14)5-10-15(19)18-12-6-8-13(9-7-12)22(17,20)21/h1-4,6-9H,5,10,16H2,(H,18,19)(H2,17,20,21). The molecular weight excluding hydrogens is 302 g/mol. The van der Waals surface area contributed by atoms with Crippen LogP contribution >= 0.6 is 0 Å². The molecule has 0 aliphatic carbocycles. The summed E-state index contributed by atoms with van der Waals surface area (Å²) in [6.07, 6.45) is 0.818. The number of anilines is 2. The van der Waals surface area contributed by atoms with Crippen LogP contribution in [-0.2, 0) is 21.2 Å². The quantitative estimate of drug-likeness (QED) is 0.724. The third-order valence-corrected chi connectivity index (χ3v) is 4.07. The SMILES string of the molecule is Nc1ccccc1CCC(=O)Nc1ccc(S(N)(=O)=O)cc1. The van der Waals surface area contributed by atoms with Crippen LogP contribution in [0.1, 0.15) is 12.0 Å². The van der Waals surface area contributed by atoms with E-state index in [1.165, 1.54) is 24.3 Å². The molecule has 22 heavy (non-hydrogen) atoms. The van der Waals surface area contributed by atoms with Gasteiger partial charge in [-0.1, -0.05) is 18.2 Å². The van der Waals surface area contributed by atoms with Crippen LogP contribution in [-0.4, -0.2) is 14.3 Å². The first-order valence-corrected chi connectivity index (χ1v) is 8.17. The molecule has 0 atom stereocenters. The summed E-state index contributed by atoms with van der Waals surface area (Å²) in [6, 6.07) is 13.1. The molecule has 0 radical (unpaired) electrons. The van der Waals surface area contributed by atoms with E-state index in [1.54, 1.807) is 6.07 Å². The highest BCUT2D eigenvalue weighted by atomic mass is 32.2. The molecule has 7 heteroatoms. The van der Waals surface area contributed by atoms with Gasteiger partial charge >= 0.3 is 0 Å². The molecule has 2 aromatic rings. The number of hydrogen-bond donors (Lipinski definition) is 3. The lowest BCUT2D eigenvalue weighted by Gasteiger charge is -2.07. The molecule has 6 nitrogen and oxygen atoms in total. The highest BCUT2D eigenvalue weighted by molar-refractivity contribution is 7.89. The summed E-state index contributed by atoms with van der Waals surface area (Å²) in [5.74, 6) is -0.174. The molecule has 0 fully saturated rings. The van der Waals surface area contributed by atoms with Crippen molar-refractivity contribution in [1.29, 1.82) is 0 Å². The second-order valence-corrected chi connectivity index (χ2v) is 6.38. The Labute approximate surface area is 129 Å². The Hall–Kier alpha value is -2.38. The van der Waals surface area contributed by atoms with E-state index in [0.29, 0.717) is 17.8 Å². The minimum Gasteiger partial charge on any atom is -0.399 e. The van der Waals surface area contributed by atoms with Gasteiger partial charge in [0.15, 0.2) is 0 Å². The van der Waals surface area contributed by atoms with Crippen LogP contribution in [0, 0.1) is 0 Å². The maximum atomic E-state index is 11.9. The summed E-state index contributed by atoms with van der Waals surface area (Å²) >= 11 is 0. The lowest BCUT2D eigenvalue weighted by atomic mass is 10.1. The van der Waals surface area contributed by atoms with E-state index in [9.17, 15) is 13.2 Å². The number of carbonyl (C=O) groups is 1. The average molecular weight is 319 g/mol. The Morgan fingerprint density at radius 2 is 1.68 bits per heavy atom. The molecule has 0 saturated carbocycles. The van der Waals surface area contributed by atoms with Crippen LogP contribution < -0.4 is 16.2 Å². The molecule has 1 amide bonds. The van der Waals surface area contributed by atoms with Gasteiger partial charge in [0.25, 0.3) is 0 Å². The molecule has 2 aromatic carbocycles. The summed E-state index contributed by atoms with van der Waals surface area (Å²) in [5, 5.41) is 7.70. The molecule has 0 bridgehead atoms. The second-order valence-electron chi connectivity index (χ2n) is 4.82. The first-order valence-electron chi connectivity index (χ1n) is 6.62. The van der Waals surface area contributed by atoms with E-state index in [4.69, 9.17) is 10.9 Å². The molecule has 0 aromatic heterocycles. The van der Waals surface area contributed by atoms with Gasteiger partial charge in [-0.05, 0) is 42.3 Å². The Morgan fingerprint density at radius 3 is 2.27 bits per heavy atom. The highest BCUT2D eigenvalue weighted by Gasteiger charge is 2.08. The maximum Gasteiger partial charge on any atom is 0.238 e. The number of sulfonamides is 1. The number of hydrogen-bond acceptors (Lipinski definition) is 4. The van der Waals surface area contributed by atoms with Crippen LogP contribution in [0.2, 0.25) is 0 Å². The first-order chi connectivity index (χ1) is 10.4. The molecular formula is C15H17N3O3S. The number of benzene rings is 2. The smallest absolute Gasteiger partial charge is 0.238 e. The van der Waals surface area contributed by atoms with Gasteiger partial charge in [0.1, 0.15) is 0 Å². The van der Waals surface area contributed by atoms with Gasteiger partial charge in [0, 0.05) is 17.8 Å². The maximum absolute atomic E-state index is 11.9. The van der Waals surface area contributed by atoms with Gasteiger partial charge in [-0.2, -0.15) is 0 Å². The van der Waals surface area contributed by atoms with Crippen molar-refractivity contribution in [3.05, 3.63) is 54.1 Å². The van der Waals surface area contributed by atoms with Crippen molar-refractivity contribution < 1.29 is 13.2 Å². The van der Waals surface area contributed by atoms with Crippen molar-refractivity contribution in [3.8, 4) is 0 Å². The van der Waals surface area contributed by atoms with E-state index in [-0.39, 0.29) is 17.2 Å². The van der Waals surface area contributed by atoms with Crippen molar-refractivity contribution in [2.75, 3.05) is 11.1 Å². The van der Waals surface area contributed by atoms with Crippen molar-refractivity contribution >= 4 is 27.3 Å². The fourth-order valence-electron chi connectivity index (χ4n) is 1.96. The number of nitrogens with one attached hydrogen (secondary N) is 1. The number of carbonyl (C=O) groups excluding carboxylic acids is 1. The van der Waals surface area contributed by atoms with Gasteiger partial charge in [-0.25, -0.2) is 13.6 Å². The fraction of sp³-hybridized carbons (Fsp3) is 0.133. The van der Waals surface area contributed by atoms with E-state index in [0.717, 1.165) is 5.56 Å².